The van der Waals surface area contributed by atoms with Crippen LogP contribution in [0, 0.1) is 22.0 Å². The topological polar surface area (TPSA) is 86.5 Å². The van der Waals surface area contributed by atoms with Crippen molar-refractivity contribution in [2.24, 2.45) is 11.8 Å². The predicted octanol–water partition coefficient (Wildman–Crippen LogP) is 4.34. The molecule has 0 N–H and O–H groups in total. The zero-order chi connectivity index (χ0) is 18.8. The highest BCUT2D eigenvalue weighted by Crippen LogP contribution is 2.23. The van der Waals surface area contributed by atoms with Crippen molar-refractivity contribution in [1.82, 2.24) is 0 Å². The van der Waals surface area contributed by atoms with Crippen LogP contribution in [-0.2, 0) is 9.53 Å². The van der Waals surface area contributed by atoms with Crippen LogP contribution in [0.15, 0.2) is 36.9 Å². The highest BCUT2D eigenvalue weighted by atomic mass is 16.6. The molecule has 6 nitrogen and oxygen atoms in total. The largest absolute Gasteiger partial charge is 0.459 e. The normalized spacial score (nSPS) is 14.2. The predicted molar refractivity (Wildman–Crippen MR) is 95.4 cm³/mol. The number of benzene rings is 1. The van der Waals surface area contributed by atoms with Crippen molar-refractivity contribution in [3.8, 4) is 0 Å². The van der Waals surface area contributed by atoms with E-state index in [1.807, 2.05) is 19.9 Å². The minimum absolute atomic E-state index is 0.0456. The van der Waals surface area contributed by atoms with E-state index >= 15 is 0 Å². The van der Waals surface area contributed by atoms with Gasteiger partial charge in [-0.05, 0) is 43.2 Å². The highest BCUT2D eigenvalue weighted by molar-refractivity contribution is 5.89. The number of nitro benzene ring substituents is 1. The van der Waals surface area contributed by atoms with Gasteiger partial charge in [-0.2, -0.15) is 0 Å². The molecule has 3 atom stereocenters. The van der Waals surface area contributed by atoms with Gasteiger partial charge in [0.05, 0.1) is 10.5 Å². The van der Waals surface area contributed by atoms with Crippen molar-refractivity contribution >= 4 is 17.9 Å². The summed E-state index contributed by atoms with van der Waals surface area (Å²) >= 11 is 0. The number of ether oxygens (including phenoxy) is 1. The Morgan fingerprint density at radius 2 is 1.88 bits per heavy atom. The van der Waals surface area contributed by atoms with Crippen LogP contribution in [-0.4, -0.2) is 23.3 Å². The van der Waals surface area contributed by atoms with Gasteiger partial charge in [-0.3, -0.25) is 10.1 Å². The van der Waals surface area contributed by atoms with Crippen LogP contribution < -0.4 is 0 Å². The molecular weight excluding hydrogens is 322 g/mol. The van der Waals surface area contributed by atoms with Crippen LogP contribution in [0.1, 0.15) is 49.9 Å². The van der Waals surface area contributed by atoms with E-state index < -0.39 is 10.9 Å². The van der Waals surface area contributed by atoms with Crippen molar-refractivity contribution in [3.05, 3.63) is 52.6 Å². The second-order valence-electron chi connectivity index (χ2n) is 6.26. The van der Waals surface area contributed by atoms with Crippen molar-refractivity contribution in [3.63, 3.8) is 0 Å². The molecule has 0 saturated heterocycles. The van der Waals surface area contributed by atoms with Gasteiger partial charge in [0.15, 0.2) is 0 Å². The average Bonchev–Trinajstić information content (AvgIpc) is 2.62. The van der Waals surface area contributed by atoms with Gasteiger partial charge >= 0.3 is 5.97 Å². The lowest BCUT2D eigenvalue weighted by atomic mass is 9.92. The summed E-state index contributed by atoms with van der Waals surface area (Å²) in [5.74, 6) is -0.160. The van der Waals surface area contributed by atoms with Gasteiger partial charge < -0.3 is 9.53 Å². The standard InChI is InChI=1S/C19H25NO5/c1-4-14(2)7-12-18(15(3)6-5-13-21)25-19(22)16-8-10-17(11-9-16)20(23)24/h4,8-11,13-15,18H,1,5-7,12H2,2-3H3/t14-,15-,18+/m1/s1. The van der Waals surface area contributed by atoms with Crippen LogP contribution in [0.25, 0.3) is 0 Å². The lowest BCUT2D eigenvalue weighted by Crippen LogP contribution is -2.26. The molecular formula is C19H25NO5. The zero-order valence-electron chi connectivity index (χ0n) is 14.7. The monoisotopic (exact) mass is 347 g/mol. The van der Waals surface area contributed by atoms with Gasteiger partial charge in [0, 0.05) is 18.6 Å². The maximum absolute atomic E-state index is 12.3. The molecule has 25 heavy (non-hydrogen) atoms. The lowest BCUT2D eigenvalue weighted by molar-refractivity contribution is -0.384. The van der Waals surface area contributed by atoms with Gasteiger partial charge in [-0.1, -0.05) is 19.9 Å². The fourth-order valence-electron chi connectivity index (χ4n) is 2.45. The van der Waals surface area contributed by atoms with Crippen molar-refractivity contribution < 1.29 is 19.2 Å². The Hall–Kier alpha value is -2.50. The number of nitrogens with zero attached hydrogens (tertiary/aromatic N) is 1. The number of hydrogen-bond donors (Lipinski definition) is 0. The van der Waals surface area contributed by atoms with Crippen LogP contribution in [0.5, 0.6) is 0 Å². The first kappa shape index (κ1) is 20.5. The van der Waals surface area contributed by atoms with Gasteiger partial charge in [0.2, 0.25) is 0 Å². The van der Waals surface area contributed by atoms with Crippen molar-refractivity contribution in [1.29, 1.82) is 0 Å². The van der Waals surface area contributed by atoms with E-state index in [1.54, 1.807) is 0 Å². The summed E-state index contributed by atoms with van der Waals surface area (Å²) in [7, 11) is 0. The minimum atomic E-state index is -0.518. The first-order valence-electron chi connectivity index (χ1n) is 8.40. The molecule has 0 radical (unpaired) electrons. The molecule has 0 bridgehead atoms. The molecule has 0 saturated carbocycles. The molecule has 0 amide bonds. The lowest BCUT2D eigenvalue weighted by Gasteiger charge is -2.24. The molecule has 0 aliphatic heterocycles. The Labute approximate surface area is 148 Å². The van der Waals surface area contributed by atoms with Crippen LogP contribution in [0.4, 0.5) is 5.69 Å². The van der Waals surface area contributed by atoms with Gasteiger partial charge in [-0.15, -0.1) is 6.58 Å². The second-order valence-corrected chi connectivity index (χ2v) is 6.26. The third kappa shape index (κ3) is 6.87. The zero-order valence-corrected chi connectivity index (χ0v) is 14.7. The number of carbonyl (C=O) groups excluding carboxylic acids is 2. The molecule has 0 aliphatic carbocycles. The SMILES string of the molecule is C=C[C@@H](C)CC[C@H](OC(=O)c1ccc([N+](=O)[O-])cc1)[C@H](C)CCC=O. The molecule has 0 spiro atoms. The third-order valence-corrected chi connectivity index (χ3v) is 4.26. The Kier molecular flexibility index (Phi) is 8.53. The van der Waals surface area contributed by atoms with E-state index in [-0.39, 0.29) is 23.3 Å². The number of nitro groups is 1. The number of allylic oxidation sites excluding steroid dienone is 1. The summed E-state index contributed by atoms with van der Waals surface area (Å²) in [6, 6.07) is 5.34. The minimum Gasteiger partial charge on any atom is -0.459 e. The number of rotatable bonds is 11. The summed E-state index contributed by atoms with van der Waals surface area (Å²) in [5.41, 5.74) is 0.196. The van der Waals surface area contributed by atoms with Gasteiger partial charge in [0.25, 0.3) is 5.69 Å². The Bertz CT molecular complexity index is 596. The fraction of sp³-hybridized carbons (Fsp3) is 0.474. The number of aldehydes is 1. The molecule has 1 aromatic rings. The Morgan fingerprint density at radius 1 is 1.24 bits per heavy atom. The molecule has 0 aliphatic rings. The summed E-state index contributed by atoms with van der Waals surface area (Å²) in [4.78, 5) is 33.1. The fourth-order valence-corrected chi connectivity index (χ4v) is 2.45. The van der Waals surface area contributed by atoms with Gasteiger partial charge in [-0.25, -0.2) is 4.79 Å². The number of hydrogen-bond acceptors (Lipinski definition) is 5. The van der Waals surface area contributed by atoms with Crippen molar-refractivity contribution in [2.45, 2.75) is 45.6 Å². The highest BCUT2D eigenvalue weighted by Gasteiger charge is 2.23. The van der Waals surface area contributed by atoms with E-state index in [1.165, 1.54) is 24.3 Å². The molecule has 0 unspecified atom stereocenters. The molecule has 136 valence electrons. The van der Waals surface area contributed by atoms with E-state index in [0.717, 1.165) is 12.7 Å². The Balaban J connectivity index is 2.79. The average molecular weight is 347 g/mol. The van der Waals surface area contributed by atoms with E-state index in [9.17, 15) is 19.7 Å². The van der Waals surface area contributed by atoms with E-state index in [0.29, 0.717) is 25.2 Å². The number of esters is 1. The molecule has 1 aromatic carbocycles. The first-order chi connectivity index (χ1) is 11.9. The maximum Gasteiger partial charge on any atom is 0.338 e. The van der Waals surface area contributed by atoms with E-state index in [2.05, 4.69) is 6.58 Å². The summed E-state index contributed by atoms with van der Waals surface area (Å²) in [6.45, 7) is 7.75. The van der Waals surface area contributed by atoms with E-state index in [4.69, 9.17) is 4.74 Å². The van der Waals surface area contributed by atoms with Crippen LogP contribution in [0.2, 0.25) is 0 Å². The number of non-ortho nitro benzene ring substituents is 1. The number of carbonyl (C=O) groups is 2. The maximum atomic E-state index is 12.3. The second kappa shape index (κ2) is 10.4. The summed E-state index contributed by atoms with van der Waals surface area (Å²) in [6.07, 6.45) is 4.96. The van der Waals surface area contributed by atoms with Crippen LogP contribution >= 0.6 is 0 Å². The summed E-state index contributed by atoms with van der Waals surface area (Å²) < 4.78 is 5.63. The summed E-state index contributed by atoms with van der Waals surface area (Å²) in [5, 5.41) is 10.7. The quantitative estimate of drug-likeness (QED) is 0.195. The molecule has 0 aromatic heterocycles. The molecule has 0 fully saturated rings. The molecule has 0 heterocycles. The van der Waals surface area contributed by atoms with Gasteiger partial charge in [0.1, 0.15) is 12.4 Å². The first-order valence-corrected chi connectivity index (χ1v) is 8.40. The molecule has 6 heteroatoms. The smallest absolute Gasteiger partial charge is 0.338 e. The molecule has 1 rings (SSSR count). The Morgan fingerprint density at radius 3 is 2.40 bits per heavy atom. The van der Waals surface area contributed by atoms with Crippen molar-refractivity contribution in [2.75, 3.05) is 0 Å². The van der Waals surface area contributed by atoms with Crippen LogP contribution in [0.3, 0.4) is 0 Å². The third-order valence-electron chi connectivity index (χ3n) is 4.26.